The van der Waals surface area contributed by atoms with Gasteiger partial charge in [0.25, 0.3) is 5.69 Å². The Balaban J connectivity index is 2.44. The molecule has 0 heterocycles. The molecule has 0 spiro atoms. The van der Waals surface area contributed by atoms with Crippen LogP contribution in [0.3, 0.4) is 0 Å². The van der Waals surface area contributed by atoms with Gasteiger partial charge >= 0.3 is 0 Å². The summed E-state index contributed by atoms with van der Waals surface area (Å²) in [7, 11) is 0. The Bertz CT molecular complexity index is 523. The van der Waals surface area contributed by atoms with Gasteiger partial charge in [-0.25, -0.2) is 4.39 Å². The molecule has 0 aliphatic rings. The van der Waals surface area contributed by atoms with E-state index in [1.54, 1.807) is 12.1 Å². The van der Waals surface area contributed by atoms with Gasteiger partial charge in [-0.2, -0.15) is 0 Å². The lowest BCUT2D eigenvalue weighted by Crippen LogP contribution is -1.88. The van der Waals surface area contributed by atoms with Crippen LogP contribution < -0.4 is 0 Å². The molecule has 0 unspecified atom stereocenters. The van der Waals surface area contributed by atoms with Crippen LogP contribution >= 0.6 is 0 Å². The molecule has 0 amide bonds. The molecule has 0 fully saturated rings. The summed E-state index contributed by atoms with van der Waals surface area (Å²) >= 11 is 0. The second-order valence-electron chi connectivity index (χ2n) is 3.22. The third-order valence-corrected chi connectivity index (χ3v) is 2.15. The zero-order valence-electron chi connectivity index (χ0n) is 8.18. The van der Waals surface area contributed by atoms with Crippen molar-refractivity contribution in [2.75, 3.05) is 0 Å². The Morgan fingerprint density at radius 3 is 2.50 bits per heavy atom. The van der Waals surface area contributed by atoms with E-state index in [9.17, 15) is 14.5 Å². The first kappa shape index (κ1) is 10.3. The average Bonchev–Trinajstić information content (AvgIpc) is 2.30. The second-order valence-corrected chi connectivity index (χ2v) is 3.22. The fraction of sp³-hybridized carbons (Fsp3) is 0. The number of hydrogen-bond donors (Lipinski definition) is 0. The maximum atomic E-state index is 12.7. The van der Waals surface area contributed by atoms with Crippen molar-refractivity contribution in [1.82, 2.24) is 0 Å². The predicted octanol–water partition coefficient (Wildman–Crippen LogP) is 3.20. The third kappa shape index (κ3) is 2.06. The summed E-state index contributed by atoms with van der Waals surface area (Å²) in [4.78, 5) is 10.1. The van der Waals surface area contributed by atoms with E-state index in [0.717, 1.165) is 0 Å². The molecule has 0 saturated carbocycles. The molecular formula is C12H7FNO2. The topological polar surface area (TPSA) is 43.1 Å². The van der Waals surface area contributed by atoms with Crippen molar-refractivity contribution in [1.29, 1.82) is 0 Å². The van der Waals surface area contributed by atoms with Gasteiger partial charge in [-0.3, -0.25) is 10.1 Å². The van der Waals surface area contributed by atoms with Crippen LogP contribution in [-0.4, -0.2) is 4.92 Å². The van der Waals surface area contributed by atoms with Gasteiger partial charge in [0.1, 0.15) is 5.82 Å². The number of nitro benzene ring substituents is 1. The number of hydrogen-bond acceptors (Lipinski definition) is 2. The van der Waals surface area contributed by atoms with E-state index in [4.69, 9.17) is 0 Å². The molecule has 2 rings (SSSR count). The van der Waals surface area contributed by atoms with Crippen molar-refractivity contribution in [3.05, 3.63) is 64.5 Å². The molecule has 0 aliphatic heterocycles. The minimum absolute atomic E-state index is 0.00178. The summed E-state index contributed by atoms with van der Waals surface area (Å²) in [6, 6.07) is 12.9. The van der Waals surface area contributed by atoms with E-state index < -0.39 is 4.92 Å². The Hall–Kier alpha value is -2.23. The molecule has 2 aromatic rings. The Morgan fingerprint density at radius 1 is 1.19 bits per heavy atom. The maximum absolute atomic E-state index is 12.7. The lowest BCUT2D eigenvalue weighted by molar-refractivity contribution is -0.384. The minimum Gasteiger partial charge on any atom is -0.258 e. The zero-order chi connectivity index (χ0) is 11.5. The first-order chi connectivity index (χ1) is 7.66. The van der Waals surface area contributed by atoms with Gasteiger partial charge in [-0.15, -0.1) is 0 Å². The van der Waals surface area contributed by atoms with Gasteiger partial charge in [0, 0.05) is 12.1 Å². The van der Waals surface area contributed by atoms with E-state index in [1.807, 2.05) is 0 Å². The number of non-ortho nitro benzene ring substituents is 1. The van der Waals surface area contributed by atoms with E-state index in [-0.39, 0.29) is 11.5 Å². The summed E-state index contributed by atoms with van der Waals surface area (Å²) < 4.78 is 12.7. The molecule has 2 aromatic carbocycles. The van der Waals surface area contributed by atoms with E-state index in [1.165, 1.54) is 30.3 Å². The highest BCUT2D eigenvalue weighted by Gasteiger charge is 2.07. The van der Waals surface area contributed by atoms with Crippen LogP contribution in [0.1, 0.15) is 0 Å². The van der Waals surface area contributed by atoms with Gasteiger partial charge in [-0.05, 0) is 35.4 Å². The molecule has 0 aliphatic carbocycles. The van der Waals surface area contributed by atoms with Crippen molar-refractivity contribution in [2.45, 2.75) is 0 Å². The summed E-state index contributed by atoms with van der Waals surface area (Å²) in [6.45, 7) is 0. The molecule has 0 bridgehead atoms. The number of nitrogens with zero attached hydrogens (tertiary/aromatic N) is 1. The van der Waals surface area contributed by atoms with Crippen LogP contribution in [0.25, 0.3) is 11.1 Å². The average molecular weight is 216 g/mol. The van der Waals surface area contributed by atoms with Crippen molar-refractivity contribution < 1.29 is 9.31 Å². The Labute approximate surface area is 91.3 Å². The first-order valence-corrected chi connectivity index (χ1v) is 4.59. The second kappa shape index (κ2) is 4.10. The predicted molar refractivity (Wildman–Crippen MR) is 57.3 cm³/mol. The van der Waals surface area contributed by atoms with Gasteiger partial charge in [-0.1, -0.05) is 12.1 Å². The van der Waals surface area contributed by atoms with Crippen molar-refractivity contribution in [3.8, 4) is 11.1 Å². The molecular weight excluding hydrogens is 209 g/mol. The van der Waals surface area contributed by atoms with Crippen molar-refractivity contribution in [2.24, 2.45) is 0 Å². The van der Waals surface area contributed by atoms with Crippen LogP contribution in [0, 0.1) is 22.0 Å². The fourth-order valence-corrected chi connectivity index (χ4v) is 1.36. The zero-order valence-corrected chi connectivity index (χ0v) is 8.18. The Kier molecular flexibility index (Phi) is 2.64. The van der Waals surface area contributed by atoms with Gasteiger partial charge < -0.3 is 0 Å². The molecule has 79 valence electrons. The highest BCUT2D eigenvalue weighted by atomic mass is 19.1. The summed E-state index contributed by atoms with van der Waals surface area (Å²) in [6.07, 6.45) is 0. The van der Waals surface area contributed by atoms with Crippen molar-refractivity contribution in [3.63, 3.8) is 0 Å². The molecule has 0 aromatic heterocycles. The lowest BCUT2D eigenvalue weighted by atomic mass is 10.1. The number of benzene rings is 2. The molecule has 1 radical (unpaired) electrons. The number of halogens is 1. The number of rotatable bonds is 2. The van der Waals surface area contributed by atoms with Gasteiger partial charge in [0.15, 0.2) is 0 Å². The van der Waals surface area contributed by atoms with E-state index in [2.05, 4.69) is 6.07 Å². The molecule has 0 atom stereocenters. The maximum Gasteiger partial charge on any atom is 0.270 e. The monoisotopic (exact) mass is 216 g/mol. The first-order valence-electron chi connectivity index (χ1n) is 4.59. The SMILES string of the molecule is O=[N+]([O-])c1cc[c]c(-c2ccc(F)cc2)c1. The van der Waals surface area contributed by atoms with Crippen LogP contribution in [0.4, 0.5) is 10.1 Å². The normalized spacial score (nSPS) is 10.1. The van der Waals surface area contributed by atoms with Crippen LogP contribution in [0.5, 0.6) is 0 Å². The minimum atomic E-state index is -0.471. The van der Waals surface area contributed by atoms with Crippen LogP contribution in [0.15, 0.2) is 42.5 Å². The van der Waals surface area contributed by atoms with Gasteiger partial charge in [0.2, 0.25) is 0 Å². The molecule has 4 heteroatoms. The van der Waals surface area contributed by atoms with Crippen LogP contribution in [-0.2, 0) is 0 Å². The standard InChI is InChI=1S/C12H7FNO2/c13-11-6-4-9(5-7-11)10-2-1-3-12(8-10)14(15)16/h1,3-8H. The third-order valence-electron chi connectivity index (χ3n) is 2.15. The fourth-order valence-electron chi connectivity index (χ4n) is 1.36. The summed E-state index contributed by atoms with van der Waals surface area (Å²) in [5, 5.41) is 10.6. The van der Waals surface area contributed by atoms with Crippen molar-refractivity contribution >= 4 is 5.69 Å². The molecule has 0 saturated heterocycles. The highest BCUT2D eigenvalue weighted by Crippen LogP contribution is 2.23. The highest BCUT2D eigenvalue weighted by molar-refractivity contribution is 5.65. The smallest absolute Gasteiger partial charge is 0.258 e. The van der Waals surface area contributed by atoms with Gasteiger partial charge in [0.05, 0.1) is 4.92 Å². The quantitative estimate of drug-likeness (QED) is 0.571. The Morgan fingerprint density at radius 2 is 1.88 bits per heavy atom. The van der Waals surface area contributed by atoms with E-state index in [0.29, 0.717) is 11.1 Å². The summed E-state index contributed by atoms with van der Waals surface area (Å²) in [5.74, 6) is -0.339. The largest absolute Gasteiger partial charge is 0.270 e. The summed E-state index contributed by atoms with van der Waals surface area (Å²) in [5.41, 5.74) is 1.28. The van der Waals surface area contributed by atoms with E-state index >= 15 is 0 Å². The molecule has 0 N–H and O–H groups in total. The number of nitro groups is 1. The van der Waals surface area contributed by atoms with Crippen LogP contribution in [0.2, 0.25) is 0 Å². The molecule has 16 heavy (non-hydrogen) atoms. The lowest BCUT2D eigenvalue weighted by Gasteiger charge is -2.00. The molecule has 3 nitrogen and oxygen atoms in total.